The van der Waals surface area contributed by atoms with Crippen molar-refractivity contribution in [3.05, 3.63) is 0 Å². The maximum absolute atomic E-state index is 11.7. The number of amides is 1. The molecule has 0 aromatic rings. The average molecular weight is 209 g/mol. The monoisotopic (exact) mass is 209 g/mol. The number of carbonyl (C=O) groups excluding carboxylic acids is 1. The van der Waals surface area contributed by atoms with Gasteiger partial charge >= 0.3 is 0 Å². The van der Waals surface area contributed by atoms with Crippen LogP contribution in [0.4, 0.5) is 0 Å². The number of nitrogens with zero attached hydrogens (tertiary/aromatic N) is 3. The second kappa shape index (κ2) is 5.72. The van der Waals surface area contributed by atoms with Gasteiger partial charge in [-0.15, -0.1) is 0 Å². The zero-order chi connectivity index (χ0) is 11.3. The van der Waals surface area contributed by atoms with Crippen molar-refractivity contribution in [3.63, 3.8) is 0 Å². The first-order valence-electron chi connectivity index (χ1n) is 5.54. The zero-order valence-electron chi connectivity index (χ0n) is 9.57. The van der Waals surface area contributed by atoms with Gasteiger partial charge in [-0.3, -0.25) is 4.79 Å². The van der Waals surface area contributed by atoms with E-state index in [1.54, 1.807) is 0 Å². The molecule has 1 saturated heterocycles. The van der Waals surface area contributed by atoms with Crippen molar-refractivity contribution in [3.8, 4) is 6.07 Å². The topological polar surface area (TPSA) is 47.3 Å². The Morgan fingerprint density at radius 1 is 1.53 bits per heavy atom. The Bertz CT molecular complexity index is 259. The minimum atomic E-state index is -0.0142. The van der Waals surface area contributed by atoms with Crippen molar-refractivity contribution in [2.75, 3.05) is 26.7 Å². The van der Waals surface area contributed by atoms with E-state index in [1.807, 2.05) is 11.0 Å². The molecule has 0 N–H and O–H groups in total. The number of rotatable bonds is 2. The van der Waals surface area contributed by atoms with Gasteiger partial charge in [-0.05, 0) is 26.4 Å². The van der Waals surface area contributed by atoms with Crippen LogP contribution in [0.25, 0.3) is 0 Å². The zero-order valence-corrected chi connectivity index (χ0v) is 9.57. The van der Waals surface area contributed by atoms with Crippen molar-refractivity contribution >= 4 is 5.91 Å². The normalized spacial score (nSPS) is 23.3. The standard InChI is InChI=1S/C11H19N3O/c1-3-10-9-13(2)7-4-8-14(10)11(15)5-6-12/h10H,3-5,7-9H2,1-2H3. The van der Waals surface area contributed by atoms with E-state index in [4.69, 9.17) is 5.26 Å². The molecule has 0 radical (unpaired) electrons. The predicted molar refractivity (Wildman–Crippen MR) is 58.1 cm³/mol. The summed E-state index contributed by atoms with van der Waals surface area (Å²) in [6.07, 6.45) is 1.98. The predicted octanol–water partition coefficient (Wildman–Crippen LogP) is 0.843. The van der Waals surface area contributed by atoms with Crippen LogP contribution < -0.4 is 0 Å². The molecule has 1 amide bonds. The quantitative estimate of drug-likeness (QED) is 0.677. The highest BCUT2D eigenvalue weighted by molar-refractivity contribution is 5.78. The summed E-state index contributed by atoms with van der Waals surface area (Å²) in [5.74, 6) is -0.0142. The number of nitriles is 1. The molecule has 0 aromatic carbocycles. The smallest absolute Gasteiger partial charge is 0.237 e. The van der Waals surface area contributed by atoms with Gasteiger partial charge in [0.1, 0.15) is 6.42 Å². The van der Waals surface area contributed by atoms with Gasteiger partial charge in [0, 0.05) is 19.1 Å². The summed E-state index contributed by atoms with van der Waals surface area (Å²) in [5.41, 5.74) is 0. The minimum Gasteiger partial charge on any atom is -0.337 e. The van der Waals surface area contributed by atoms with Gasteiger partial charge in [0.25, 0.3) is 0 Å². The van der Waals surface area contributed by atoms with Gasteiger partial charge in [0.2, 0.25) is 5.91 Å². The van der Waals surface area contributed by atoms with Crippen LogP contribution in [0.5, 0.6) is 0 Å². The summed E-state index contributed by atoms with van der Waals surface area (Å²) >= 11 is 0. The lowest BCUT2D eigenvalue weighted by molar-refractivity contribution is -0.132. The second-order valence-electron chi connectivity index (χ2n) is 4.10. The van der Waals surface area contributed by atoms with E-state index < -0.39 is 0 Å². The lowest BCUT2D eigenvalue weighted by atomic mass is 10.1. The summed E-state index contributed by atoms with van der Waals surface area (Å²) in [5, 5.41) is 8.54. The summed E-state index contributed by atoms with van der Waals surface area (Å²) in [6, 6.07) is 2.21. The molecule has 15 heavy (non-hydrogen) atoms. The van der Waals surface area contributed by atoms with Crippen molar-refractivity contribution < 1.29 is 4.79 Å². The molecule has 1 aliphatic heterocycles. The van der Waals surface area contributed by atoms with Gasteiger partial charge in [-0.2, -0.15) is 5.26 Å². The molecule has 1 fully saturated rings. The number of hydrogen-bond donors (Lipinski definition) is 0. The van der Waals surface area contributed by atoms with E-state index in [-0.39, 0.29) is 18.4 Å². The molecule has 1 unspecified atom stereocenters. The van der Waals surface area contributed by atoms with Crippen molar-refractivity contribution in [1.29, 1.82) is 5.26 Å². The van der Waals surface area contributed by atoms with E-state index >= 15 is 0 Å². The summed E-state index contributed by atoms with van der Waals surface area (Å²) in [4.78, 5) is 15.9. The molecule has 0 bridgehead atoms. The summed E-state index contributed by atoms with van der Waals surface area (Å²) in [6.45, 7) is 4.85. The Morgan fingerprint density at radius 2 is 2.27 bits per heavy atom. The molecule has 1 rings (SSSR count). The molecule has 0 spiro atoms. The van der Waals surface area contributed by atoms with Crippen LogP contribution in [0.1, 0.15) is 26.2 Å². The van der Waals surface area contributed by atoms with Crippen LogP contribution in [-0.4, -0.2) is 48.4 Å². The van der Waals surface area contributed by atoms with Gasteiger partial charge in [-0.25, -0.2) is 0 Å². The van der Waals surface area contributed by atoms with E-state index in [0.717, 1.165) is 32.5 Å². The lowest BCUT2D eigenvalue weighted by Gasteiger charge is -2.29. The fourth-order valence-electron chi connectivity index (χ4n) is 2.09. The third-order valence-corrected chi connectivity index (χ3v) is 2.92. The van der Waals surface area contributed by atoms with Crippen LogP contribution in [0.2, 0.25) is 0 Å². The Balaban J connectivity index is 2.67. The van der Waals surface area contributed by atoms with E-state index in [9.17, 15) is 4.79 Å². The minimum absolute atomic E-state index is 0.0141. The molecule has 84 valence electrons. The Kier molecular flexibility index (Phi) is 4.57. The van der Waals surface area contributed by atoms with E-state index in [1.165, 1.54) is 0 Å². The first kappa shape index (κ1) is 12.0. The molecule has 0 saturated carbocycles. The summed E-state index contributed by atoms with van der Waals surface area (Å²) in [7, 11) is 2.08. The van der Waals surface area contributed by atoms with Crippen LogP contribution in [0, 0.1) is 11.3 Å². The SMILES string of the molecule is CCC1CN(C)CCCN1C(=O)CC#N. The molecule has 0 aliphatic carbocycles. The van der Waals surface area contributed by atoms with Gasteiger partial charge in [0.05, 0.1) is 6.07 Å². The van der Waals surface area contributed by atoms with Crippen molar-refractivity contribution in [1.82, 2.24) is 9.80 Å². The largest absolute Gasteiger partial charge is 0.337 e. The molecule has 1 aliphatic rings. The third-order valence-electron chi connectivity index (χ3n) is 2.92. The third kappa shape index (κ3) is 3.21. The molecular weight excluding hydrogens is 190 g/mol. The molecule has 1 heterocycles. The molecule has 4 nitrogen and oxygen atoms in total. The van der Waals surface area contributed by atoms with Gasteiger partial charge in [-0.1, -0.05) is 6.92 Å². The fraction of sp³-hybridized carbons (Fsp3) is 0.818. The maximum Gasteiger partial charge on any atom is 0.237 e. The highest BCUT2D eigenvalue weighted by atomic mass is 16.2. The highest BCUT2D eigenvalue weighted by Gasteiger charge is 2.25. The first-order valence-corrected chi connectivity index (χ1v) is 5.54. The van der Waals surface area contributed by atoms with Crippen LogP contribution >= 0.6 is 0 Å². The van der Waals surface area contributed by atoms with Gasteiger partial charge < -0.3 is 9.80 Å². The highest BCUT2D eigenvalue weighted by Crippen LogP contribution is 2.12. The first-order chi connectivity index (χ1) is 7.19. The lowest BCUT2D eigenvalue weighted by Crippen LogP contribution is -2.43. The van der Waals surface area contributed by atoms with Crippen molar-refractivity contribution in [2.45, 2.75) is 32.2 Å². The Labute approximate surface area is 91.5 Å². The molecule has 1 atom stereocenters. The van der Waals surface area contributed by atoms with Gasteiger partial charge in [0.15, 0.2) is 0 Å². The Morgan fingerprint density at radius 3 is 2.87 bits per heavy atom. The number of likely N-dealkylation sites (N-methyl/N-ethyl adjacent to an activating group) is 1. The second-order valence-corrected chi connectivity index (χ2v) is 4.10. The maximum atomic E-state index is 11.7. The van der Waals surface area contributed by atoms with Crippen LogP contribution in [0.3, 0.4) is 0 Å². The molecule has 0 aromatic heterocycles. The van der Waals surface area contributed by atoms with E-state index in [2.05, 4.69) is 18.9 Å². The van der Waals surface area contributed by atoms with Crippen LogP contribution in [0.15, 0.2) is 0 Å². The van der Waals surface area contributed by atoms with Crippen molar-refractivity contribution in [2.24, 2.45) is 0 Å². The average Bonchev–Trinajstić information content (AvgIpc) is 2.39. The molecular formula is C11H19N3O. The van der Waals surface area contributed by atoms with E-state index in [0.29, 0.717) is 0 Å². The van der Waals surface area contributed by atoms with Crippen LogP contribution in [-0.2, 0) is 4.79 Å². The number of carbonyl (C=O) groups is 1. The Hall–Kier alpha value is -1.08. The molecule has 4 heteroatoms. The summed E-state index contributed by atoms with van der Waals surface area (Å²) < 4.78 is 0. The number of hydrogen-bond acceptors (Lipinski definition) is 3. The fourth-order valence-corrected chi connectivity index (χ4v) is 2.09.